The van der Waals surface area contributed by atoms with Crippen LogP contribution in [0.5, 0.6) is 0 Å². The molecule has 1 saturated heterocycles. The van der Waals surface area contributed by atoms with E-state index in [1.165, 1.54) is 6.42 Å². The number of hydrogen-bond acceptors (Lipinski definition) is 1. The Balaban J connectivity index is 2.45. The Morgan fingerprint density at radius 2 is 1.58 bits per heavy atom. The third-order valence-electron chi connectivity index (χ3n) is 2.43. The maximum absolute atomic E-state index is 13.7. The molecule has 0 bridgehead atoms. The maximum atomic E-state index is 13.7. The second-order valence-electron chi connectivity index (χ2n) is 4.80. The summed E-state index contributed by atoms with van der Waals surface area (Å²) < 4.78 is 13.7. The smallest absolute Gasteiger partial charge is 0.158 e. The zero-order valence-electron chi connectivity index (χ0n) is 8.44. The molecule has 0 aromatic heterocycles. The van der Waals surface area contributed by atoms with Crippen LogP contribution in [-0.2, 0) is 0 Å². The summed E-state index contributed by atoms with van der Waals surface area (Å²) in [6, 6.07) is 0. The van der Waals surface area contributed by atoms with Gasteiger partial charge in [-0.2, -0.15) is 0 Å². The summed E-state index contributed by atoms with van der Waals surface area (Å²) in [5.41, 5.74) is -0.225. The van der Waals surface area contributed by atoms with Crippen LogP contribution in [0.25, 0.3) is 0 Å². The van der Waals surface area contributed by atoms with Gasteiger partial charge in [-0.3, -0.25) is 4.90 Å². The third kappa shape index (κ3) is 2.44. The molecule has 1 aliphatic heterocycles. The first-order valence-electron chi connectivity index (χ1n) is 4.90. The molecule has 0 spiro atoms. The minimum Gasteiger partial charge on any atom is -0.274 e. The molecule has 1 aliphatic rings. The van der Waals surface area contributed by atoms with Gasteiger partial charge in [0, 0.05) is 18.5 Å². The van der Waals surface area contributed by atoms with Crippen LogP contribution in [0.4, 0.5) is 4.39 Å². The molecule has 1 heterocycles. The molecule has 72 valence electrons. The van der Waals surface area contributed by atoms with Crippen molar-refractivity contribution in [3.05, 3.63) is 0 Å². The molecule has 2 heteroatoms. The summed E-state index contributed by atoms with van der Waals surface area (Å²) in [5.74, 6) is 0. The topological polar surface area (TPSA) is 3.24 Å². The van der Waals surface area contributed by atoms with Crippen molar-refractivity contribution in [2.24, 2.45) is 5.41 Å². The number of alkyl halides is 1. The van der Waals surface area contributed by atoms with Crippen molar-refractivity contribution in [2.45, 2.75) is 46.3 Å². The molecule has 0 radical (unpaired) electrons. The third-order valence-corrected chi connectivity index (χ3v) is 2.43. The summed E-state index contributed by atoms with van der Waals surface area (Å²) in [6.45, 7) is 7.78. The molecule has 1 fully saturated rings. The lowest BCUT2D eigenvalue weighted by Gasteiger charge is -2.36. The zero-order valence-corrected chi connectivity index (χ0v) is 8.44. The van der Waals surface area contributed by atoms with Crippen LogP contribution in [0.2, 0.25) is 0 Å². The molecule has 12 heavy (non-hydrogen) atoms. The van der Waals surface area contributed by atoms with Gasteiger partial charge in [-0.25, -0.2) is 4.39 Å². The predicted octanol–water partition coefficient (Wildman–Crippen LogP) is 2.81. The quantitative estimate of drug-likeness (QED) is 0.551. The van der Waals surface area contributed by atoms with Gasteiger partial charge in [-0.15, -0.1) is 0 Å². The van der Waals surface area contributed by atoms with Crippen LogP contribution in [0.1, 0.15) is 40.0 Å². The molecule has 1 unspecified atom stereocenters. The summed E-state index contributed by atoms with van der Waals surface area (Å²) in [7, 11) is 0. The van der Waals surface area contributed by atoms with Crippen molar-refractivity contribution >= 4 is 0 Å². The van der Waals surface area contributed by atoms with Gasteiger partial charge in [-0.1, -0.05) is 27.2 Å². The van der Waals surface area contributed by atoms with Gasteiger partial charge < -0.3 is 0 Å². The first kappa shape index (κ1) is 9.97. The molecule has 1 rings (SSSR count). The first-order chi connectivity index (χ1) is 5.52. The highest BCUT2D eigenvalue weighted by atomic mass is 19.1. The van der Waals surface area contributed by atoms with E-state index in [0.717, 1.165) is 25.9 Å². The summed E-state index contributed by atoms with van der Waals surface area (Å²) in [5, 5.41) is 0. The van der Waals surface area contributed by atoms with E-state index in [-0.39, 0.29) is 5.41 Å². The molecule has 0 N–H and O–H groups in total. The van der Waals surface area contributed by atoms with E-state index in [1.54, 1.807) is 0 Å². The van der Waals surface area contributed by atoms with E-state index in [1.807, 2.05) is 25.7 Å². The Labute approximate surface area is 74.9 Å². The van der Waals surface area contributed by atoms with E-state index in [9.17, 15) is 4.39 Å². The Morgan fingerprint density at radius 3 is 2.00 bits per heavy atom. The molecular formula is C10H20FN. The highest BCUT2D eigenvalue weighted by molar-refractivity contribution is 4.76. The molecule has 0 aliphatic carbocycles. The molecule has 1 atom stereocenters. The standard InChI is InChI=1S/C10H20FN/c1-10(2,3)9(11)12-7-5-4-6-8-12/h9H,4-8H2,1-3H3. The fraction of sp³-hybridized carbons (Fsp3) is 1.00. The summed E-state index contributed by atoms with van der Waals surface area (Å²) in [6.07, 6.45) is 2.83. The molecule has 0 aromatic carbocycles. The number of piperidine rings is 1. The van der Waals surface area contributed by atoms with E-state index < -0.39 is 6.30 Å². The summed E-state index contributed by atoms with van der Waals surface area (Å²) in [4.78, 5) is 1.98. The molecule has 0 saturated carbocycles. The van der Waals surface area contributed by atoms with Crippen molar-refractivity contribution in [3.63, 3.8) is 0 Å². The van der Waals surface area contributed by atoms with Crippen LogP contribution in [-0.4, -0.2) is 24.3 Å². The highest BCUT2D eigenvalue weighted by Crippen LogP contribution is 2.27. The van der Waals surface area contributed by atoms with Crippen LogP contribution in [0.3, 0.4) is 0 Å². The lowest BCUT2D eigenvalue weighted by molar-refractivity contribution is -0.0148. The predicted molar refractivity (Wildman–Crippen MR) is 49.8 cm³/mol. The number of likely N-dealkylation sites (tertiary alicyclic amines) is 1. The van der Waals surface area contributed by atoms with E-state index in [2.05, 4.69) is 0 Å². The minimum absolute atomic E-state index is 0.225. The lowest BCUT2D eigenvalue weighted by atomic mass is 9.93. The van der Waals surface area contributed by atoms with Gasteiger partial charge in [0.15, 0.2) is 6.30 Å². The average molecular weight is 173 g/mol. The summed E-state index contributed by atoms with van der Waals surface area (Å²) >= 11 is 0. The molecule has 0 aromatic rings. The SMILES string of the molecule is CC(C)(C)C(F)N1CCCCC1. The van der Waals surface area contributed by atoms with Crippen LogP contribution in [0, 0.1) is 5.41 Å². The van der Waals surface area contributed by atoms with Crippen LogP contribution >= 0.6 is 0 Å². The monoisotopic (exact) mass is 173 g/mol. The zero-order chi connectivity index (χ0) is 9.19. The van der Waals surface area contributed by atoms with Crippen LogP contribution in [0.15, 0.2) is 0 Å². The Hall–Kier alpha value is -0.110. The molecule has 1 nitrogen and oxygen atoms in total. The second-order valence-corrected chi connectivity index (χ2v) is 4.80. The normalized spacial score (nSPS) is 24.0. The second kappa shape index (κ2) is 3.73. The van der Waals surface area contributed by atoms with E-state index in [4.69, 9.17) is 0 Å². The van der Waals surface area contributed by atoms with Gasteiger partial charge in [0.05, 0.1) is 0 Å². The van der Waals surface area contributed by atoms with Gasteiger partial charge >= 0.3 is 0 Å². The number of halogens is 1. The number of nitrogens with zero attached hydrogens (tertiary/aromatic N) is 1. The van der Waals surface area contributed by atoms with Gasteiger partial charge in [-0.05, 0) is 12.8 Å². The minimum atomic E-state index is -0.766. The fourth-order valence-electron chi connectivity index (χ4n) is 1.69. The van der Waals surface area contributed by atoms with Gasteiger partial charge in [0.2, 0.25) is 0 Å². The van der Waals surface area contributed by atoms with Crippen LogP contribution < -0.4 is 0 Å². The number of hydrogen-bond donors (Lipinski definition) is 0. The Morgan fingerprint density at radius 1 is 1.08 bits per heavy atom. The van der Waals surface area contributed by atoms with E-state index >= 15 is 0 Å². The Kier molecular flexibility index (Phi) is 3.10. The number of rotatable bonds is 1. The Bertz CT molecular complexity index is 133. The van der Waals surface area contributed by atoms with Crippen molar-refractivity contribution in [1.82, 2.24) is 4.90 Å². The van der Waals surface area contributed by atoms with Crippen molar-refractivity contribution < 1.29 is 4.39 Å². The average Bonchev–Trinajstić information content (AvgIpc) is 2.03. The fourth-order valence-corrected chi connectivity index (χ4v) is 1.69. The van der Waals surface area contributed by atoms with Gasteiger partial charge in [0.25, 0.3) is 0 Å². The lowest BCUT2D eigenvalue weighted by Crippen LogP contribution is -2.43. The first-order valence-corrected chi connectivity index (χ1v) is 4.90. The molecular weight excluding hydrogens is 153 g/mol. The van der Waals surface area contributed by atoms with Crippen molar-refractivity contribution in [1.29, 1.82) is 0 Å². The maximum Gasteiger partial charge on any atom is 0.158 e. The highest BCUT2D eigenvalue weighted by Gasteiger charge is 2.30. The van der Waals surface area contributed by atoms with Crippen molar-refractivity contribution in [2.75, 3.05) is 13.1 Å². The van der Waals surface area contributed by atoms with Crippen molar-refractivity contribution in [3.8, 4) is 0 Å². The van der Waals surface area contributed by atoms with E-state index in [0.29, 0.717) is 0 Å². The van der Waals surface area contributed by atoms with Gasteiger partial charge in [0.1, 0.15) is 0 Å². The largest absolute Gasteiger partial charge is 0.274 e. The molecule has 0 amide bonds.